The van der Waals surface area contributed by atoms with E-state index in [2.05, 4.69) is 39.8 Å². The van der Waals surface area contributed by atoms with E-state index in [9.17, 15) is 4.79 Å². The first-order valence-electron chi connectivity index (χ1n) is 8.16. The summed E-state index contributed by atoms with van der Waals surface area (Å²) in [5, 5.41) is 9.28. The number of aryl methyl sites for hydroxylation is 1. The topological polar surface area (TPSA) is 78.9 Å². The van der Waals surface area contributed by atoms with Crippen LogP contribution >= 0.6 is 0 Å². The van der Waals surface area contributed by atoms with Crippen molar-refractivity contribution in [2.45, 2.75) is 34.1 Å². The predicted octanol–water partition coefficient (Wildman–Crippen LogP) is 3.95. The highest BCUT2D eigenvalue weighted by Gasteiger charge is 2.04. The molecule has 3 N–H and O–H groups in total. The average Bonchev–Trinajstić information content (AvgIpc) is 2.45. The first kappa shape index (κ1) is 17.7. The number of hydrogen-bond donors (Lipinski definition) is 3. The zero-order chi connectivity index (χ0) is 17.5. The number of aromatic nitrogens is 2. The Balaban J connectivity index is 2.09. The van der Waals surface area contributed by atoms with E-state index >= 15 is 0 Å². The molecular formula is C18H25N5O. The smallest absolute Gasteiger partial charge is 0.224 e. The number of anilines is 4. The normalized spacial score (nSPS) is 10.5. The molecule has 0 aliphatic carbocycles. The van der Waals surface area contributed by atoms with E-state index in [-0.39, 0.29) is 5.91 Å². The van der Waals surface area contributed by atoms with E-state index in [0.29, 0.717) is 11.9 Å². The van der Waals surface area contributed by atoms with Crippen LogP contribution in [0.2, 0.25) is 0 Å². The lowest BCUT2D eigenvalue weighted by molar-refractivity contribution is -0.114. The van der Waals surface area contributed by atoms with Crippen molar-refractivity contribution in [3.05, 3.63) is 36.0 Å². The number of hydrogen-bond acceptors (Lipinski definition) is 5. The highest BCUT2D eigenvalue weighted by Crippen LogP contribution is 2.20. The summed E-state index contributed by atoms with van der Waals surface area (Å²) in [6.07, 6.45) is 1.07. The van der Waals surface area contributed by atoms with Crippen LogP contribution in [0.25, 0.3) is 0 Å². The minimum Gasteiger partial charge on any atom is -0.354 e. The van der Waals surface area contributed by atoms with Crippen molar-refractivity contribution in [3.8, 4) is 0 Å². The van der Waals surface area contributed by atoms with Crippen LogP contribution in [0.1, 0.15) is 32.9 Å². The standard InChI is InChI=1S/C18H25N5O/c1-12(2)8-9-19-18-20-13(3)10-17(23-18)22-16-7-5-6-15(11-16)21-14(4)24/h5-7,10-12H,8-9H2,1-4H3,(H,21,24)(H2,19,20,22,23). The molecule has 6 heteroatoms. The number of rotatable bonds is 7. The zero-order valence-corrected chi connectivity index (χ0v) is 14.7. The Hall–Kier alpha value is -2.63. The second-order valence-electron chi connectivity index (χ2n) is 6.21. The van der Waals surface area contributed by atoms with Crippen molar-refractivity contribution in [3.63, 3.8) is 0 Å². The third-order valence-electron chi connectivity index (χ3n) is 3.31. The molecule has 1 aromatic carbocycles. The Labute approximate surface area is 143 Å². The van der Waals surface area contributed by atoms with Crippen LogP contribution in [0.15, 0.2) is 30.3 Å². The van der Waals surface area contributed by atoms with Crippen LogP contribution in [0, 0.1) is 12.8 Å². The van der Waals surface area contributed by atoms with Crippen LogP contribution in [-0.2, 0) is 4.79 Å². The predicted molar refractivity (Wildman–Crippen MR) is 98.7 cm³/mol. The maximum absolute atomic E-state index is 11.2. The Morgan fingerprint density at radius 1 is 1.17 bits per heavy atom. The molecular weight excluding hydrogens is 302 g/mol. The Morgan fingerprint density at radius 3 is 2.62 bits per heavy atom. The lowest BCUT2D eigenvalue weighted by atomic mass is 10.1. The van der Waals surface area contributed by atoms with Gasteiger partial charge >= 0.3 is 0 Å². The summed E-state index contributed by atoms with van der Waals surface area (Å²) in [4.78, 5) is 20.1. The van der Waals surface area contributed by atoms with E-state index in [1.807, 2.05) is 37.3 Å². The van der Waals surface area contributed by atoms with Crippen molar-refractivity contribution < 1.29 is 4.79 Å². The van der Waals surface area contributed by atoms with Crippen LogP contribution < -0.4 is 16.0 Å². The first-order valence-corrected chi connectivity index (χ1v) is 8.16. The monoisotopic (exact) mass is 327 g/mol. The molecule has 0 aliphatic heterocycles. The number of nitrogens with one attached hydrogen (secondary N) is 3. The van der Waals surface area contributed by atoms with Gasteiger partial charge in [0.15, 0.2) is 0 Å². The molecule has 1 aromatic heterocycles. The molecule has 0 radical (unpaired) electrons. The number of benzene rings is 1. The fourth-order valence-corrected chi connectivity index (χ4v) is 2.21. The lowest BCUT2D eigenvalue weighted by Crippen LogP contribution is -2.09. The SMILES string of the molecule is CC(=O)Nc1cccc(Nc2cc(C)nc(NCCC(C)C)n2)c1. The zero-order valence-electron chi connectivity index (χ0n) is 14.7. The van der Waals surface area contributed by atoms with Gasteiger partial charge in [-0.1, -0.05) is 19.9 Å². The number of amides is 1. The molecule has 0 spiro atoms. The maximum atomic E-state index is 11.2. The second kappa shape index (κ2) is 8.29. The van der Waals surface area contributed by atoms with Gasteiger partial charge in [0.2, 0.25) is 11.9 Å². The molecule has 0 unspecified atom stereocenters. The van der Waals surface area contributed by atoms with Crippen LogP contribution in [0.4, 0.5) is 23.1 Å². The summed E-state index contributed by atoms with van der Waals surface area (Å²) in [6.45, 7) is 8.65. The second-order valence-corrected chi connectivity index (χ2v) is 6.21. The molecule has 0 saturated carbocycles. The van der Waals surface area contributed by atoms with Crippen LogP contribution in [0.3, 0.4) is 0 Å². The maximum Gasteiger partial charge on any atom is 0.224 e. The Bertz CT molecular complexity index is 700. The van der Waals surface area contributed by atoms with Gasteiger partial charge in [-0.3, -0.25) is 4.79 Å². The van der Waals surface area contributed by atoms with Crippen molar-refractivity contribution in [2.75, 3.05) is 22.5 Å². The minimum absolute atomic E-state index is 0.0957. The molecule has 128 valence electrons. The van der Waals surface area contributed by atoms with Crippen molar-refractivity contribution in [1.29, 1.82) is 0 Å². The van der Waals surface area contributed by atoms with Gasteiger partial charge < -0.3 is 16.0 Å². The van der Waals surface area contributed by atoms with E-state index in [1.54, 1.807) is 0 Å². The van der Waals surface area contributed by atoms with E-state index in [4.69, 9.17) is 0 Å². The largest absolute Gasteiger partial charge is 0.354 e. The molecule has 1 heterocycles. The van der Waals surface area contributed by atoms with Gasteiger partial charge in [0.25, 0.3) is 0 Å². The molecule has 0 atom stereocenters. The van der Waals surface area contributed by atoms with E-state index < -0.39 is 0 Å². The molecule has 0 bridgehead atoms. The molecule has 2 rings (SSSR count). The van der Waals surface area contributed by atoms with Gasteiger partial charge in [0.05, 0.1) is 0 Å². The molecule has 0 saturated heterocycles. The van der Waals surface area contributed by atoms with E-state index in [1.165, 1.54) is 6.92 Å². The quantitative estimate of drug-likeness (QED) is 0.718. The third kappa shape index (κ3) is 5.87. The van der Waals surface area contributed by atoms with Gasteiger partial charge in [-0.2, -0.15) is 4.98 Å². The summed E-state index contributed by atoms with van der Waals surface area (Å²) < 4.78 is 0. The van der Waals surface area contributed by atoms with E-state index in [0.717, 1.165) is 35.9 Å². The number of carbonyl (C=O) groups excluding carboxylic acids is 1. The fraction of sp³-hybridized carbons (Fsp3) is 0.389. The average molecular weight is 327 g/mol. The number of carbonyl (C=O) groups is 1. The Kier molecular flexibility index (Phi) is 6.12. The molecule has 2 aromatic rings. The molecule has 1 amide bonds. The molecule has 0 aliphatic rings. The van der Waals surface area contributed by atoms with Crippen LogP contribution in [0.5, 0.6) is 0 Å². The summed E-state index contributed by atoms with van der Waals surface area (Å²) >= 11 is 0. The first-order chi connectivity index (χ1) is 11.4. The van der Waals surface area contributed by atoms with Crippen LogP contribution in [-0.4, -0.2) is 22.4 Å². The minimum atomic E-state index is -0.0957. The lowest BCUT2D eigenvalue weighted by Gasteiger charge is -2.11. The molecule has 24 heavy (non-hydrogen) atoms. The highest BCUT2D eigenvalue weighted by atomic mass is 16.1. The molecule has 6 nitrogen and oxygen atoms in total. The van der Waals surface area contributed by atoms with Gasteiger partial charge in [-0.05, 0) is 37.5 Å². The van der Waals surface area contributed by atoms with Gasteiger partial charge in [-0.25, -0.2) is 4.98 Å². The van der Waals surface area contributed by atoms with Crippen molar-refractivity contribution in [2.24, 2.45) is 5.92 Å². The van der Waals surface area contributed by atoms with Crippen molar-refractivity contribution in [1.82, 2.24) is 9.97 Å². The Morgan fingerprint density at radius 2 is 1.92 bits per heavy atom. The highest BCUT2D eigenvalue weighted by molar-refractivity contribution is 5.89. The van der Waals surface area contributed by atoms with Gasteiger partial charge in [0.1, 0.15) is 5.82 Å². The molecule has 0 fully saturated rings. The van der Waals surface area contributed by atoms with Gasteiger partial charge in [-0.15, -0.1) is 0 Å². The summed E-state index contributed by atoms with van der Waals surface area (Å²) in [7, 11) is 0. The summed E-state index contributed by atoms with van der Waals surface area (Å²) in [6, 6.07) is 9.40. The number of nitrogens with zero attached hydrogens (tertiary/aromatic N) is 2. The fourth-order valence-electron chi connectivity index (χ4n) is 2.21. The summed E-state index contributed by atoms with van der Waals surface area (Å²) in [5.41, 5.74) is 2.48. The summed E-state index contributed by atoms with van der Waals surface area (Å²) in [5.74, 6) is 1.88. The van der Waals surface area contributed by atoms with Crippen molar-refractivity contribution >= 4 is 29.0 Å². The van der Waals surface area contributed by atoms with Gasteiger partial charge in [0, 0.05) is 36.6 Å². The third-order valence-corrected chi connectivity index (χ3v) is 3.31.